The van der Waals surface area contributed by atoms with E-state index >= 15 is 0 Å². The Balaban J connectivity index is 2.25. The van der Waals surface area contributed by atoms with E-state index in [1.807, 2.05) is 48.5 Å². The molecule has 0 fully saturated rings. The number of rotatable bonds is 7. The van der Waals surface area contributed by atoms with Crippen molar-refractivity contribution in [1.82, 2.24) is 5.32 Å². The van der Waals surface area contributed by atoms with E-state index in [1.54, 1.807) is 14.2 Å². The van der Waals surface area contributed by atoms with Gasteiger partial charge < -0.3 is 20.5 Å². The molecule has 1 atom stereocenters. The number of carbonyl (C=O) groups is 1. The van der Waals surface area contributed by atoms with Crippen LogP contribution in [0.5, 0.6) is 11.5 Å². The molecule has 0 aliphatic carbocycles. The molecule has 122 valence electrons. The van der Waals surface area contributed by atoms with Gasteiger partial charge in [-0.05, 0) is 29.7 Å². The molecule has 0 spiro atoms. The van der Waals surface area contributed by atoms with E-state index < -0.39 is 0 Å². The highest BCUT2D eigenvalue weighted by Gasteiger charge is 2.15. The van der Waals surface area contributed by atoms with Crippen LogP contribution in [-0.2, 0) is 11.2 Å². The summed E-state index contributed by atoms with van der Waals surface area (Å²) in [5.74, 6) is 1.17. The third-order valence-corrected chi connectivity index (χ3v) is 3.61. The minimum Gasteiger partial charge on any atom is -0.493 e. The Kier molecular flexibility index (Phi) is 6.00. The molecule has 5 heteroatoms. The first-order valence-corrected chi connectivity index (χ1v) is 7.43. The number of amides is 1. The number of hydrogen-bond acceptors (Lipinski definition) is 4. The number of nitrogens with two attached hydrogens (primary N) is 1. The van der Waals surface area contributed by atoms with Gasteiger partial charge in [0.2, 0.25) is 5.91 Å². The van der Waals surface area contributed by atoms with Crippen LogP contribution in [-0.4, -0.2) is 26.7 Å². The highest BCUT2D eigenvalue weighted by Crippen LogP contribution is 2.29. The molecule has 5 nitrogen and oxygen atoms in total. The fourth-order valence-electron chi connectivity index (χ4n) is 2.43. The van der Waals surface area contributed by atoms with Crippen LogP contribution in [0.25, 0.3) is 0 Å². The second kappa shape index (κ2) is 8.19. The second-order valence-electron chi connectivity index (χ2n) is 5.13. The van der Waals surface area contributed by atoms with Crippen LogP contribution >= 0.6 is 0 Å². The summed E-state index contributed by atoms with van der Waals surface area (Å²) in [6.45, 7) is -0.0325. The van der Waals surface area contributed by atoms with Crippen molar-refractivity contribution < 1.29 is 14.3 Å². The number of ether oxygens (including phenoxy) is 2. The van der Waals surface area contributed by atoms with Gasteiger partial charge >= 0.3 is 0 Å². The Morgan fingerprint density at radius 3 is 2.39 bits per heavy atom. The minimum atomic E-state index is -0.181. The maximum absolute atomic E-state index is 11.7. The first kappa shape index (κ1) is 16.8. The Morgan fingerprint density at radius 2 is 1.78 bits per heavy atom. The molecular weight excluding hydrogens is 292 g/mol. The zero-order valence-electron chi connectivity index (χ0n) is 13.4. The quantitative estimate of drug-likeness (QED) is 0.820. The molecule has 2 aromatic carbocycles. The summed E-state index contributed by atoms with van der Waals surface area (Å²) in [4.78, 5) is 11.7. The van der Waals surface area contributed by atoms with Crippen LogP contribution in [0, 0.1) is 0 Å². The van der Waals surface area contributed by atoms with E-state index in [0.717, 1.165) is 11.1 Å². The predicted molar refractivity (Wildman–Crippen MR) is 89.6 cm³/mol. The molecular formula is C18H22N2O3. The first-order chi connectivity index (χ1) is 11.2. The van der Waals surface area contributed by atoms with Crippen molar-refractivity contribution in [3.63, 3.8) is 0 Å². The van der Waals surface area contributed by atoms with Crippen LogP contribution in [0.4, 0.5) is 0 Å². The van der Waals surface area contributed by atoms with Crippen LogP contribution in [0.3, 0.4) is 0 Å². The third kappa shape index (κ3) is 4.47. The summed E-state index contributed by atoms with van der Waals surface area (Å²) in [6.07, 6.45) is 0.635. The van der Waals surface area contributed by atoms with E-state index in [9.17, 15) is 4.79 Å². The first-order valence-electron chi connectivity index (χ1n) is 7.43. The summed E-state index contributed by atoms with van der Waals surface area (Å²) < 4.78 is 10.6. The monoisotopic (exact) mass is 314 g/mol. The summed E-state index contributed by atoms with van der Waals surface area (Å²) in [5, 5.41) is 2.96. The smallest absolute Gasteiger partial charge is 0.234 e. The van der Waals surface area contributed by atoms with Crippen LogP contribution in [0.15, 0.2) is 48.5 Å². The van der Waals surface area contributed by atoms with E-state index in [-0.39, 0.29) is 18.5 Å². The van der Waals surface area contributed by atoms with Gasteiger partial charge in [-0.3, -0.25) is 4.79 Å². The standard InChI is InChI=1S/C18H22N2O3/c1-22-16-9-8-13(11-17(16)23-2)10-15(20-18(21)12-19)14-6-4-3-5-7-14/h3-9,11,15H,10,12,19H2,1-2H3,(H,20,21). The molecule has 2 aromatic rings. The topological polar surface area (TPSA) is 73.6 Å². The number of hydrogen-bond donors (Lipinski definition) is 2. The Bertz CT molecular complexity index is 644. The molecule has 0 aromatic heterocycles. The van der Waals surface area contributed by atoms with Gasteiger partial charge in [-0.25, -0.2) is 0 Å². The molecule has 23 heavy (non-hydrogen) atoms. The Hall–Kier alpha value is -2.53. The molecule has 1 unspecified atom stereocenters. The molecule has 0 aliphatic rings. The fraction of sp³-hybridized carbons (Fsp3) is 0.278. The van der Waals surface area contributed by atoms with Gasteiger partial charge in [-0.15, -0.1) is 0 Å². The lowest BCUT2D eigenvalue weighted by Gasteiger charge is -2.20. The summed E-state index contributed by atoms with van der Waals surface area (Å²) >= 11 is 0. The molecule has 0 radical (unpaired) electrons. The zero-order chi connectivity index (χ0) is 16.7. The van der Waals surface area contributed by atoms with Gasteiger partial charge in [0.25, 0.3) is 0 Å². The van der Waals surface area contributed by atoms with Gasteiger partial charge in [0, 0.05) is 0 Å². The predicted octanol–water partition coefficient (Wildman–Crippen LogP) is 2.06. The van der Waals surface area contributed by atoms with Crippen molar-refractivity contribution in [2.75, 3.05) is 20.8 Å². The molecule has 0 aliphatic heterocycles. The van der Waals surface area contributed by atoms with Gasteiger partial charge in [-0.1, -0.05) is 36.4 Å². The average Bonchev–Trinajstić information content (AvgIpc) is 2.61. The van der Waals surface area contributed by atoms with Crippen LogP contribution in [0.1, 0.15) is 17.2 Å². The third-order valence-electron chi connectivity index (χ3n) is 3.61. The molecule has 0 heterocycles. The average molecular weight is 314 g/mol. The SMILES string of the molecule is COc1ccc(CC(NC(=O)CN)c2ccccc2)cc1OC. The molecule has 2 rings (SSSR count). The lowest BCUT2D eigenvalue weighted by Crippen LogP contribution is -2.34. The van der Waals surface area contributed by atoms with Crippen molar-refractivity contribution >= 4 is 5.91 Å². The van der Waals surface area contributed by atoms with E-state index in [1.165, 1.54) is 0 Å². The second-order valence-corrected chi connectivity index (χ2v) is 5.13. The molecule has 0 saturated heterocycles. The van der Waals surface area contributed by atoms with Gasteiger partial charge in [0.05, 0.1) is 26.8 Å². The maximum atomic E-state index is 11.7. The summed E-state index contributed by atoms with van der Waals surface area (Å²) in [7, 11) is 3.21. The fourth-order valence-corrected chi connectivity index (χ4v) is 2.43. The van der Waals surface area contributed by atoms with E-state index in [4.69, 9.17) is 15.2 Å². The van der Waals surface area contributed by atoms with Crippen molar-refractivity contribution in [1.29, 1.82) is 0 Å². The number of nitrogens with one attached hydrogen (secondary N) is 1. The molecule has 3 N–H and O–H groups in total. The van der Waals surface area contributed by atoms with Crippen molar-refractivity contribution in [3.05, 3.63) is 59.7 Å². The van der Waals surface area contributed by atoms with Gasteiger partial charge in [-0.2, -0.15) is 0 Å². The Morgan fingerprint density at radius 1 is 1.09 bits per heavy atom. The molecule has 1 amide bonds. The largest absolute Gasteiger partial charge is 0.493 e. The lowest BCUT2D eigenvalue weighted by atomic mass is 9.98. The lowest BCUT2D eigenvalue weighted by molar-refractivity contribution is -0.120. The number of benzene rings is 2. The highest BCUT2D eigenvalue weighted by molar-refractivity contribution is 5.78. The Labute approximate surface area is 136 Å². The zero-order valence-corrected chi connectivity index (χ0v) is 13.4. The summed E-state index contributed by atoms with van der Waals surface area (Å²) in [6, 6.07) is 15.4. The number of methoxy groups -OCH3 is 2. The van der Waals surface area contributed by atoms with Crippen LogP contribution < -0.4 is 20.5 Å². The van der Waals surface area contributed by atoms with Crippen molar-refractivity contribution in [2.45, 2.75) is 12.5 Å². The summed E-state index contributed by atoms with van der Waals surface area (Å²) in [5.41, 5.74) is 7.49. The molecule has 0 bridgehead atoms. The minimum absolute atomic E-state index is 0.0325. The normalized spacial score (nSPS) is 11.6. The van der Waals surface area contributed by atoms with Crippen LogP contribution in [0.2, 0.25) is 0 Å². The molecule has 0 saturated carbocycles. The maximum Gasteiger partial charge on any atom is 0.234 e. The van der Waals surface area contributed by atoms with Crippen molar-refractivity contribution in [3.8, 4) is 11.5 Å². The van der Waals surface area contributed by atoms with Crippen molar-refractivity contribution in [2.24, 2.45) is 5.73 Å². The number of carbonyl (C=O) groups excluding carboxylic acids is 1. The van der Waals surface area contributed by atoms with E-state index in [2.05, 4.69) is 5.32 Å². The highest BCUT2D eigenvalue weighted by atomic mass is 16.5. The van der Waals surface area contributed by atoms with Gasteiger partial charge in [0.1, 0.15) is 0 Å². The van der Waals surface area contributed by atoms with E-state index in [0.29, 0.717) is 17.9 Å². The van der Waals surface area contributed by atoms with Gasteiger partial charge in [0.15, 0.2) is 11.5 Å².